The number of sulfonamides is 1. The van der Waals surface area contributed by atoms with Gasteiger partial charge in [-0.1, -0.05) is 18.2 Å². The van der Waals surface area contributed by atoms with Gasteiger partial charge in [0.2, 0.25) is 10.0 Å². The largest absolute Gasteiger partial charge is 0.266 e. The van der Waals surface area contributed by atoms with Gasteiger partial charge in [0.25, 0.3) is 0 Å². The quantitative estimate of drug-likeness (QED) is 0.917. The number of aromatic nitrogens is 1. The van der Waals surface area contributed by atoms with Crippen LogP contribution >= 0.6 is 15.9 Å². The number of anilines is 1. The molecule has 20 heavy (non-hydrogen) atoms. The number of nitriles is 1. The molecule has 1 heterocycles. The van der Waals surface area contributed by atoms with E-state index in [1.165, 1.54) is 6.20 Å². The molecule has 0 aliphatic heterocycles. The fourth-order valence-corrected chi connectivity index (χ4v) is 3.28. The summed E-state index contributed by atoms with van der Waals surface area (Å²) in [6, 6.07) is 11.9. The van der Waals surface area contributed by atoms with Crippen molar-refractivity contribution in [3.63, 3.8) is 0 Å². The molecule has 0 amide bonds. The van der Waals surface area contributed by atoms with E-state index in [9.17, 15) is 8.42 Å². The molecular formula is C13H10BrN3O2S. The summed E-state index contributed by atoms with van der Waals surface area (Å²) in [6.07, 6.45) is 1.49. The summed E-state index contributed by atoms with van der Waals surface area (Å²) in [6.45, 7) is 0. The van der Waals surface area contributed by atoms with E-state index in [0.717, 1.165) is 0 Å². The van der Waals surface area contributed by atoms with Crippen LogP contribution in [0.15, 0.2) is 47.1 Å². The van der Waals surface area contributed by atoms with Crippen LogP contribution in [-0.2, 0) is 15.8 Å². The van der Waals surface area contributed by atoms with Gasteiger partial charge in [-0.15, -0.1) is 0 Å². The highest BCUT2D eigenvalue weighted by molar-refractivity contribution is 9.10. The van der Waals surface area contributed by atoms with Crippen LogP contribution in [-0.4, -0.2) is 13.4 Å². The van der Waals surface area contributed by atoms with E-state index in [0.29, 0.717) is 15.6 Å². The molecule has 0 unspecified atom stereocenters. The number of hydrogen-bond donors (Lipinski definition) is 1. The van der Waals surface area contributed by atoms with Crippen LogP contribution in [0, 0.1) is 11.3 Å². The first-order valence-corrected chi connectivity index (χ1v) is 8.05. The summed E-state index contributed by atoms with van der Waals surface area (Å²) in [5.74, 6) is -0.0540. The van der Waals surface area contributed by atoms with Crippen LogP contribution in [0.5, 0.6) is 0 Å². The minimum atomic E-state index is -3.64. The Hall–Kier alpha value is -1.91. The van der Waals surface area contributed by atoms with Crippen LogP contribution in [0.25, 0.3) is 0 Å². The number of hydrogen-bond acceptors (Lipinski definition) is 4. The first-order valence-electron chi connectivity index (χ1n) is 5.61. The van der Waals surface area contributed by atoms with Crippen molar-refractivity contribution in [1.29, 1.82) is 5.26 Å². The zero-order valence-electron chi connectivity index (χ0n) is 10.2. The van der Waals surface area contributed by atoms with Crippen molar-refractivity contribution < 1.29 is 8.42 Å². The lowest BCUT2D eigenvalue weighted by molar-refractivity contribution is 0.600. The molecule has 0 aliphatic rings. The molecule has 0 aliphatic carbocycles. The van der Waals surface area contributed by atoms with Gasteiger partial charge in [0.15, 0.2) is 5.82 Å². The fraction of sp³-hybridized carbons (Fsp3) is 0.0769. The van der Waals surface area contributed by atoms with E-state index in [1.807, 2.05) is 6.07 Å². The zero-order chi connectivity index (χ0) is 14.6. The van der Waals surface area contributed by atoms with Crippen molar-refractivity contribution in [3.8, 4) is 6.07 Å². The maximum absolute atomic E-state index is 12.1. The van der Waals surface area contributed by atoms with Gasteiger partial charge in [-0.3, -0.25) is 4.72 Å². The number of pyridine rings is 1. The maximum atomic E-state index is 12.1. The molecule has 1 N–H and O–H groups in total. The van der Waals surface area contributed by atoms with Gasteiger partial charge in [0.05, 0.1) is 21.9 Å². The number of rotatable bonds is 4. The van der Waals surface area contributed by atoms with Crippen LogP contribution < -0.4 is 4.72 Å². The lowest BCUT2D eigenvalue weighted by Crippen LogP contribution is -2.16. The zero-order valence-corrected chi connectivity index (χ0v) is 12.6. The van der Waals surface area contributed by atoms with Gasteiger partial charge in [0.1, 0.15) is 0 Å². The SMILES string of the molecule is N#Cc1ccccc1CS(=O)(=O)Nc1ncccc1Br. The molecule has 7 heteroatoms. The lowest BCUT2D eigenvalue weighted by atomic mass is 10.1. The van der Waals surface area contributed by atoms with E-state index < -0.39 is 10.0 Å². The second-order valence-corrected chi connectivity index (χ2v) is 6.54. The highest BCUT2D eigenvalue weighted by atomic mass is 79.9. The fourth-order valence-electron chi connectivity index (χ4n) is 1.60. The average Bonchev–Trinajstić information content (AvgIpc) is 2.41. The van der Waals surface area contributed by atoms with E-state index in [-0.39, 0.29) is 11.6 Å². The summed E-state index contributed by atoms with van der Waals surface area (Å²) in [4.78, 5) is 3.95. The lowest BCUT2D eigenvalue weighted by Gasteiger charge is -2.09. The van der Waals surface area contributed by atoms with Gasteiger partial charge in [-0.2, -0.15) is 5.26 Å². The van der Waals surface area contributed by atoms with E-state index in [4.69, 9.17) is 5.26 Å². The predicted octanol–water partition coefficient (Wildman–Crippen LogP) is 2.66. The third-order valence-electron chi connectivity index (χ3n) is 2.49. The summed E-state index contributed by atoms with van der Waals surface area (Å²) in [7, 11) is -3.64. The Morgan fingerprint density at radius 1 is 1.25 bits per heavy atom. The van der Waals surface area contributed by atoms with Crippen molar-refractivity contribution in [1.82, 2.24) is 4.98 Å². The monoisotopic (exact) mass is 351 g/mol. The number of benzene rings is 1. The Bertz CT molecular complexity index is 769. The Labute approximate surface area is 125 Å². The Kier molecular flexibility index (Phi) is 4.37. The van der Waals surface area contributed by atoms with E-state index >= 15 is 0 Å². The molecule has 5 nitrogen and oxygen atoms in total. The van der Waals surface area contributed by atoms with Gasteiger partial charge >= 0.3 is 0 Å². The van der Waals surface area contributed by atoms with E-state index in [1.54, 1.807) is 36.4 Å². The molecule has 1 aromatic carbocycles. The van der Waals surface area contributed by atoms with Crippen molar-refractivity contribution in [2.75, 3.05) is 4.72 Å². The highest BCUT2D eigenvalue weighted by Crippen LogP contribution is 2.21. The number of nitrogens with zero attached hydrogens (tertiary/aromatic N) is 2. The summed E-state index contributed by atoms with van der Waals surface area (Å²) in [5, 5.41) is 8.96. The summed E-state index contributed by atoms with van der Waals surface area (Å²) in [5.41, 5.74) is 0.799. The van der Waals surface area contributed by atoms with Gasteiger partial charge in [0, 0.05) is 6.20 Å². The van der Waals surface area contributed by atoms with Crippen molar-refractivity contribution >= 4 is 31.8 Å². The molecule has 0 saturated carbocycles. The van der Waals surface area contributed by atoms with Gasteiger partial charge < -0.3 is 0 Å². The molecule has 102 valence electrons. The molecule has 2 rings (SSSR count). The topological polar surface area (TPSA) is 82.8 Å². The maximum Gasteiger partial charge on any atom is 0.238 e. The third kappa shape index (κ3) is 3.56. The second-order valence-electron chi connectivity index (χ2n) is 3.96. The highest BCUT2D eigenvalue weighted by Gasteiger charge is 2.16. The average molecular weight is 352 g/mol. The van der Waals surface area contributed by atoms with Crippen molar-refractivity contribution in [3.05, 3.63) is 58.2 Å². The molecule has 0 atom stereocenters. The van der Waals surface area contributed by atoms with E-state index in [2.05, 4.69) is 25.6 Å². The molecule has 0 fully saturated rings. The van der Waals surface area contributed by atoms with Crippen LogP contribution in [0.4, 0.5) is 5.82 Å². The standard InChI is InChI=1S/C13H10BrN3O2S/c14-12-6-3-7-16-13(12)17-20(18,19)9-11-5-2-1-4-10(11)8-15/h1-7H,9H2,(H,16,17). The molecule has 2 aromatic rings. The Balaban J connectivity index is 2.25. The van der Waals surface area contributed by atoms with Crippen molar-refractivity contribution in [2.45, 2.75) is 5.75 Å². The first-order chi connectivity index (χ1) is 9.52. The van der Waals surface area contributed by atoms with Crippen LogP contribution in [0.2, 0.25) is 0 Å². The Morgan fingerprint density at radius 3 is 2.70 bits per heavy atom. The normalized spacial score (nSPS) is 10.8. The predicted molar refractivity (Wildman–Crippen MR) is 79.3 cm³/mol. The smallest absolute Gasteiger partial charge is 0.238 e. The minimum Gasteiger partial charge on any atom is -0.266 e. The van der Waals surface area contributed by atoms with Gasteiger partial charge in [-0.05, 0) is 39.7 Å². The molecule has 0 saturated heterocycles. The molecule has 1 aromatic heterocycles. The molecular weight excluding hydrogens is 342 g/mol. The third-order valence-corrected chi connectivity index (χ3v) is 4.33. The van der Waals surface area contributed by atoms with Gasteiger partial charge in [-0.25, -0.2) is 13.4 Å². The molecule has 0 spiro atoms. The summed E-state index contributed by atoms with van der Waals surface area (Å²) < 4.78 is 27.2. The Morgan fingerprint density at radius 2 is 2.00 bits per heavy atom. The summed E-state index contributed by atoms with van der Waals surface area (Å²) >= 11 is 3.22. The first kappa shape index (κ1) is 14.5. The van der Waals surface area contributed by atoms with Crippen LogP contribution in [0.3, 0.4) is 0 Å². The number of nitrogens with one attached hydrogen (secondary N) is 1. The van der Waals surface area contributed by atoms with Crippen LogP contribution in [0.1, 0.15) is 11.1 Å². The molecule has 0 radical (unpaired) electrons. The second kappa shape index (κ2) is 6.03. The molecule has 0 bridgehead atoms. The number of halogens is 1. The minimum absolute atomic E-state index is 0.224. The van der Waals surface area contributed by atoms with Crippen molar-refractivity contribution in [2.24, 2.45) is 0 Å².